The average Bonchev–Trinajstić information content (AvgIpc) is 3.44. The van der Waals surface area contributed by atoms with Crippen LogP contribution in [0.4, 0.5) is 5.69 Å². The number of nitro groups is 1. The Hall–Kier alpha value is -3.80. The van der Waals surface area contributed by atoms with Gasteiger partial charge in [-0.05, 0) is 45.4 Å². The molecule has 0 aliphatic rings. The van der Waals surface area contributed by atoms with E-state index in [1.54, 1.807) is 26.8 Å². The minimum atomic E-state index is -0.615. The first-order valence-corrected chi connectivity index (χ1v) is 11.1. The van der Waals surface area contributed by atoms with Gasteiger partial charge in [-0.25, -0.2) is 9.66 Å². The lowest BCUT2D eigenvalue weighted by Crippen LogP contribution is -2.35. The zero-order chi connectivity index (χ0) is 23.9. The van der Waals surface area contributed by atoms with Crippen molar-refractivity contribution in [2.24, 2.45) is 0 Å². The fourth-order valence-electron chi connectivity index (χ4n) is 3.63. The van der Waals surface area contributed by atoms with E-state index >= 15 is 0 Å². The quantitative estimate of drug-likeness (QED) is 0.322. The molecule has 4 heterocycles. The van der Waals surface area contributed by atoms with E-state index in [0.29, 0.717) is 33.2 Å². The molecule has 0 radical (unpaired) electrons. The Morgan fingerprint density at radius 2 is 2.06 bits per heavy atom. The van der Waals surface area contributed by atoms with Crippen LogP contribution in [0.5, 0.6) is 0 Å². The maximum atomic E-state index is 12.9. The van der Waals surface area contributed by atoms with Crippen molar-refractivity contribution >= 4 is 33.1 Å². The molecule has 4 aromatic rings. The molecule has 0 aromatic carbocycles. The van der Waals surface area contributed by atoms with E-state index in [1.807, 2.05) is 6.07 Å². The van der Waals surface area contributed by atoms with Crippen LogP contribution in [0.15, 0.2) is 27.4 Å². The third-order valence-electron chi connectivity index (χ3n) is 5.21. The summed E-state index contributed by atoms with van der Waals surface area (Å²) in [4.78, 5) is 42.5. The molecule has 172 valence electrons. The lowest BCUT2D eigenvalue weighted by molar-refractivity contribution is -0.386. The van der Waals surface area contributed by atoms with Crippen LogP contribution in [0.25, 0.3) is 10.2 Å². The van der Waals surface area contributed by atoms with Crippen molar-refractivity contribution in [2.75, 3.05) is 5.43 Å². The molecule has 33 heavy (non-hydrogen) atoms. The zero-order valence-electron chi connectivity index (χ0n) is 18.5. The summed E-state index contributed by atoms with van der Waals surface area (Å²) in [6, 6.07) is 4.88. The molecule has 4 aromatic heterocycles. The number of furan rings is 1. The molecule has 0 saturated heterocycles. The predicted molar refractivity (Wildman–Crippen MR) is 122 cm³/mol. The number of rotatable bonds is 7. The Labute approximate surface area is 191 Å². The molecular weight excluding hydrogens is 448 g/mol. The van der Waals surface area contributed by atoms with Crippen molar-refractivity contribution in [1.29, 1.82) is 0 Å². The number of aromatic nitrogens is 4. The normalized spacial score (nSPS) is 11.3. The van der Waals surface area contributed by atoms with Crippen molar-refractivity contribution in [2.45, 2.75) is 47.1 Å². The van der Waals surface area contributed by atoms with Gasteiger partial charge in [0.25, 0.3) is 5.56 Å². The Kier molecular flexibility index (Phi) is 5.85. The highest BCUT2D eigenvalue weighted by Gasteiger charge is 2.23. The third kappa shape index (κ3) is 4.16. The van der Waals surface area contributed by atoms with Crippen molar-refractivity contribution in [3.8, 4) is 0 Å². The first-order valence-electron chi connectivity index (χ1n) is 10.3. The van der Waals surface area contributed by atoms with Gasteiger partial charge in [-0.1, -0.05) is 13.3 Å². The van der Waals surface area contributed by atoms with E-state index in [2.05, 4.69) is 22.4 Å². The Balaban J connectivity index is 1.56. The molecule has 0 spiro atoms. The summed E-state index contributed by atoms with van der Waals surface area (Å²) >= 11 is 1.48. The van der Waals surface area contributed by atoms with Gasteiger partial charge in [-0.2, -0.15) is 5.10 Å². The number of nitrogens with one attached hydrogen (secondary N) is 1. The zero-order valence-corrected chi connectivity index (χ0v) is 19.4. The van der Waals surface area contributed by atoms with E-state index in [4.69, 9.17) is 4.42 Å². The number of thiophene rings is 1. The summed E-state index contributed by atoms with van der Waals surface area (Å²) in [6.07, 6.45) is 1.82. The number of carbonyl (C=O) groups excluding carboxylic acids is 1. The van der Waals surface area contributed by atoms with Crippen molar-refractivity contribution in [3.05, 3.63) is 72.3 Å². The number of hydrogen-bond acceptors (Lipinski definition) is 8. The highest BCUT2D eigenvalue weighted by atomic mass is 32.1. The first kappa shape index (κ1) is 22.4. The van der Waals surface area contributed by atoms with E-state index in [1.165, 1.54) is 22.1 Å². The standard InChI is InChI=1S/C21H22N6O5S/c1-5-6-15-9-16-20(33-15)22-13(4)26(21(16)29)24-19(28)17-8-7-14(32-17)10-25-12(3)18(27(30)31)11(2)23-25/h7-9H,5-6,10H2,1-4H3,(H,24,28). The van der Waals surface area contributed by atoms with Crippen LogP contribution in [0, 0.1) is 30.9 Å². The van der Waals surface area contributed by atoms with E-state index in [0.717, 1.165) is 22.4 Å². The smallest absolute Gasteiger partial charge is 0.312 e. The van der Waals surface area contributed by atoms with Crippen molar-refractivity contribution in [1.82, 2.24) is 19.4 Å². The van der Waals surface area contributed by atoms with Crippen LogP contribution in [0.2, 0.25) is 0 Å². The lowest BCUT2D eigenvalue weighted by Gasteiger charge is -2.09. The Morgan fingerprint density at radius 1 is 1.30 bits per heavy atom. The molecule has 0 aliphatic heterocycles. The lowest BCUT2D eigenvalue weighted by atomic mass is 10.2. The average molecular weight is 471 g/mol. The maximum Gasteiger partial charge on any atom is 0.312 e. The number of hydrogen-bond donors (Lipinski definition) is 1. The number of nitrogens with zero attached hydrogens (tertiary/aromatic N) is 5. The predicted octanol–water partition coefficient (Wildman–Crippen LogP) is 3.47. The molecule has 11 nitrogen and oxygen atoms in total. The minimum absolute atomic E-state index is 0.00980. The maximum absolute atomic E-state index is 12.9. The highest BCUT2D eigenvalue weighted by Crippen LogP contribution is 2.24. The summed E-state index contributed by atoms with van der Waals surface area (Å²) in [5.74, 6) is 0.119. The summed E-state index contributed by atoms with van der Waals surface area (Å²) in [6.45, 7) is 6.99. The van der Waals surface area contributed by atoms with Crippen LogP contribution in [-0.4, -0.2) is 30.3 Å². The fraction of sp³-hybridized carbons (Fsp3) is 0.333. The molecule has 1 N–H and O–H groups in total. The largest absolute Gasteiger partial charge is 0.454 e. The summed E-state index contributed by atoms with van der Waals surface area (Å²) in [7, 11) is 0. The van der Waals surface area contributed by atoms with E-state index < -0.39 is 10.8 Å². The van der Waals surface area contributed by atoms with Crippen LogP contribution >= 0.6 is 11.3 Å². The van der Waals surface area contributed by atoms with Gasteiger partial charge >= 0.3 is 11.6 Å². The van der Waals surface area contributed by atoms with Crippen molar-refractivity contribution < 1.29 is 14.1 Å². The van der Waals surface area contributed by atoms with Gasteiger partial charge in [0.2, 0.25) is 0 Å². The number of carbonyl (C=O) groups is 1. The summed E-state index contributed by atoms with van der Waals surface area (Å²) in [5.41, 5.74) is 2.83. The SMILES string of the molecule is CCCc1cc2c(=O)n(NC(=O)c3ccc(Cn4nc(C)c([N+](=O)[O-])c4C)o3)c(C)nc2s1. The number of fused-ring (bicyclic) bond motifs is 1. The second kappa shape index (κ2) is 8.62. The Morgan fingerprint density at radius 3 is 2.73 bits per heavy atom. The molecular formula is C21H22N6O5S. The van der Waals surface area contributed by atoms with Gasteiger partial charge in [0.05, 0.1) is 16.9 Å². The van der Waals surface area contributed by atoms with Gasteiger partial charge in [0.15, 0.2) is 5.76 Å². The van der Waals surface area contributed by atoms with Crippen LogP contribution in [0.1, 0.15) is 51.7 Å². The van der Waals surface area contributed by atoms with E-state index in [9.17, 15) is 19.7 Å². The second-order valence-electron chi connectivity index (χ2n) is 7.62. The molecule has 0 atom stereocenters. The van der Waals surface area contributed by atoms with Gasteiger partial charge in [-0.3, -0.25) is 29.8 Å². The van der Waals surface area contributed by atoms with E-state index in [-0.39, 0.29) is 23.6 Å². The highest BCUT2D eigenvalue weighted by molar-refractivity contribution is 7.18. The summed E-state index contributed by atoms with van der Waals surface area (Å²) < 4.78 is 8.17. The molecule has 0 bridgehead atoms. The molecule has 0 aliphatic carbocycles. The fourth-order valence-corrected chi connectivity index (χ4v) is 4.79. The molecule has 0 saturated carbocycles. The molecule has 0 fully saturated rings. The molecule has 1 amide bonds. The molecule has 12 heteroatoms. The second-order valence-corrected chi connectivity index (χ2v) is 8.74. The minimum Gasteiger partial charge on any atom is -0.454 e. The summed E-state index contributed by atoms with van der Waals surface area (Å²) in [5, 5.41) is 15.8. The monoisotopic (exact) mass is 470 g/mol. The van der Waals surface area contributed by atoms with Gasteiger partial charge in [0.1, 0.15) is 27.8 Å². The number of amides is 1. The topological polar surface area (TPSA) is 138 Å². The van der Waals surface area contributed by atoms with Gasteiger partial charge in [-0.15, -0.1) is 11.3 Å². The molecule has 4 rings (SSSR count). The van der Waals surface area contributed by atoms with Crippen LogP contribution in [-0.2, 0) is 13.0 Å². The third-order valence-corrected chi connectivity index (χ3v) is 6.30. The van der Waals surface area contributed by atoms with Crippen molar-refractivity contribution in [3.63, 3.8) is 0 Å². The molecule has 0 unspecified atom stereocenters. The Bertz CT molecular complexity index is 1440. The first-order chi connectivity index (χ1) is 15.7. The van der Waals surface area contributed by atoms with Crippen LogP contribution in [0.3, 0.4) is 0 Å². The van der Waals surface area contributed by atoms with Gasteiger partial charge < -0.3 is 4.42 Å². The number of aryl methyl sites for hydroxylation is 3. The van der Waals surface area contributed by atoms with Gasteiger partial charge in [0, 0.05) is 4.88 Å². The van der Waals surface area contributed by atoms with Crippen LogP contribution < -0.4 is 11.0 Å².